The molecule has 1 aliphatic carbocycles. The van der Waals surface area contributed by atoms with Crippen molar-refractivity contribution in [3.05, 3.63) is 56.8 Å². The highest BCUT2D eigenvalue weighted by Gasteiger charge is 2.45. The summed E-state index contributed by atoms with van der Waals surface area (Å²) in [5, 5.41) is 0. The molecule has 0 unspecified atom stereocenters. The van der Waals surface area contributed by atoms with Crippen molar-refractivity contribution in [3.8, 4) is 0 Å². The van der Waals surface area contributed by atoms with Gasteiger partial charge in [0.1, 0.15) is 5.82 Å². The number of carbonyl (C=O) groups is 1. The summed E-state index contributed by atoms with van der Waals surface area (Å²) in [7, 11) is 0. The van der Waals surface area contributed by atoms with Gasteiger partial charge in [0.2, 0.25) is 5.95 Å². The minimum absolute atomic E-state index is 0.0381. The first kappa shape index (κ1) is 20.2. The van der Waals surface area contributed by atoms with E-state index >= 15 is 0 Å². The first-order valence-electron chi connectivity index (χ1n) is 11.0. The van der Waals surface area contributed by atoms with Crippen LogP contribution in [0.1, 0.15) is 46.4 Å². The van der Waals surface area contributed by atoms with Gasteiger partial charge in [-0.15, -0.1) is 0 Å². The average molecular weight is 426 g/mol. The molecule has 3 heterocycles. The van der Waals surface area contributed by atoms with E-state index in [1.807, 2.05) is 4.90 Å². The van der Waals surface area contributed by atoms with Gasteiger partial charge < -0.3 is 14.5 Å². The molecule has 7 nitrogen and oxygen atoms in total. The fraction of sp³-hybridized carbons (Fsp3) is 0.522. The molecule has 0 bridgehead atoms. The fourth-order valence-electron chi connectivity index (χ4n) is 5.23. The zero-order chi connectivity index (χ0) is 21.6. The maximum atomic E-state index is 13.4. The van der Waals surface area contributed by atoms with Gasteiger partial charge in [0, 0.05) is 42.7 Å². The number of halogens is 1. The van der Waals surface area contributed by atoms with Gasteiger partial charge in [0.05, 0.1) is 18.9 Å². The van der Waals surface area contributed by atoms with Gasteiger partial charge in [0.15, 0.2) is 0 Å². The molecule has 31 heavy (non-hydrogen) atoms. The first-order chi connectivity index (χ1) is 15.0. The molecule has 1 aromatic heterocycles. The van der Waals surface area contributed by atoms with Crippen LogP contribution in [0.2, 0.25) is 0 Å². The molecule has 164 valence electrons. The average Bonchev–Trinajstić information content (AvgIpc) is 3.13. The number of likely N-dealkylation sites (tertiary alicyclic amines) is 1. The second kappa shape index (κ2) is 7.75. The lowest BCUT2D eigenvalue weighted by molar-refractivity contribution is 0.0662. The van der Waals surface area contributed by atoms with Crippen LogP contribution in [0.3, 0.4) is 0 Å². The Bertz CT molecular complexity index is 1070. The number of aromatic nitrogens is 2. The summed E-state index contributed by atoms with van der Waals surface area (Å²) in [5.74, 6) is 0.244. The molecular weight excluding hydrogens is 399 g/mol. The fourth-order valence-corrected chi connectivity index (χ4v) is 5.23. The molecule has 1 aromatic carbocycles. The lowest BCUT2D eigenvalue weighted by Crippen LogP contribution is -2.45. The van der Waals surface area contributed by atoms with Crippen LogP contribution in [-0.2, 0) is 16.6 Å². The number of nitrogens with one attached hydrogen (secondary N) is 1. The predicted molar refractivity (Wildman–Crippen MR) is 114 cm³/mol. The Balaban J connectivity index is 1.37. The number of anilines is 1. The number of amides is 1. The van der Waals surface area contributed by atoms with E-state index in [-0.39, 0.29) is 22.7 Å². The quantitative estimate of drug-likeness (QED) is 0.796. The number of aryl methyl sites for hydroxylation is 1. The molecule has 1 amide bonds. The van der Waals surface area contributed by atoms with Gasteiger partial charge in [-0.1, -0.05) is 0 Å². The number of carbonyl (C=O) groups excluding carboxylic acids is 1. The summed E-state index contributed by atoms with van der Waals surface area (Å²) >= 11 is 0. The van der Waals surface area contributed by atoms with E-state index in [1.54, 1.807) is 13.0 Å². The Morgan fingerprint density at radius 2 is 1.90 bits per heavy atom. The smallest absolute Gasteiger partial charge is 0.255 e. The standard InChI is InChI=1S/C23H27FN4O3/c1-15-14-16(24)2-3-17(15)21(30)27-8-6-23(7-9-27)5-4-18-19(23)25-22(26-20(18)29)28-10-12-31-13-11-28/h2-3,14H,4-13H2,1H3,(H,25,26,29). The molecule has 1 N–H and O–H groups in total. The van der Waals surface area contributed by atoms with E-state index in [0.717, 1.165) is 36.9 Å². The minimum atomic E-state index is -0.332. The van der Waals surface area contributed by atoms with E-state index in [1.165, 1.54) is 12.1 Å². The molecule has 5 rings (SSSR count). The number of fused-ring (bicyclic) bond motifs is 2. The summed E-state index contributed by atoms with van der Waals surface area (Å²) in [6.45, 7) is 5.67. The van der Waals surface area contributed by atoms with Crippen molar-refractivity contribution in [2.75, 3.05) is 44.3 Å². The summed E-state index contributed by atoms with van der Waals surface area (Å²) in [5.41, 5.74) is 2.73. The molecule has 0 atom stereocenters. The Hall–Kier alpha value is -2.74. The number of morpholine rings is 1. The van der Waals surface area contributed by atoms with Crippen LogP contribution in [0.4, 0.5) is 10.3 Å². The van der Waals surface area contributed by atoms with Gasteiger partial charge in [-0.2, -0.15) is 0 Å². The SMILES string of the molecule is Cc1cc(F)ccc1C(=O)N1CCC2(CCc3c2nc(N2CCOCC2)[nH]c3=O)CC1. The number of hydrogen-bond acceptors (Lipinski definition) is 5. The lowest BCUT2D eigenvalue weighted by Gasteiger charge is -2.40. The highest BCUT2D eigenvalue weighted by molar-refractivity contribution is 5.95. The van der Waals surface area contributed by atoms with Gasteiger partial charge in [-0.3, -0.25) is 14.6 Å². The molecule has 1 spiro atoms. The van der Waals surface area contributed by atoms with Crippen molar-refractivity contribution in [1.29, 1.82) is 0 Å². The number of hydrogen-bond donors (Lipinski definition) is 1. The first-order valence-corrected chi connectivity index (χ1v) is 11.0. The summed E-state index contributed by atoms with van der Waals surface area (Å²) in [6, 6.07) is 4.30. The third-order valence-corrected chi connectivity index (χ3v) is 7.10. The normalized spacial score (nSPS) is 20.2. The Labute approximate surface area is 180 Å². The zero-order valence-electron chi connectivity index (χ0n) is 17.7. The van der Waals surface area contributed by atoms with Crippen molar-refractivity contribution in [2.24, 2.45) is 0 Å². The van der Waals surface area contributed by atoms with Crippen LogP contribution in [0.15, 0.2) is 23.0 Å². The van der Waals surface area contributed by atoms with E-state index in [0.29, 0.717) is 56.5 Å². The zero-order valence-corrected chi connectivity index (χ0v) is 17.7. The van der Waals surface area contributed by atoms with Gasteiger partial charge in [0.25, 0.3) is 11.5 Å². The lowest BCUT2D eigenvalue weighted by atomic mass is 9.76. The van der Waals surface area contributed by atoms with Gasteiger partial charge in [-0.05, 0) is 56.4 Å². The van der Waals surface area contributed by atoms with Crippen LogP contribution >= 0.6 is 0 Å². The molecule has 2 saturated heterocycles. The van der Waals surface area contributed by atoms with E-state index in [9.17, 15) is 14.0 Å². The number of aromatic amines is 1. The van der Waals surface area contributed by atoms with E-state index < -0.39 is 0 Å². The molecule has 8 heteroatoms. The maximum absolute atomic E-state index is 13.4. The number of H-pyrrole nitrogens is 1. The third-order valence-electron chi connectivity index (χ3n) is 7.10. The predicted octanol–water partition coefficient (Wildman–Crippen LogP) is 2.17. The molecule has 0 saturated carbocycles. The number of rotatable bonds is 2. The van der Waals surface area contributed by atoms with Crippen molar-refractivity contribution < 1.29 is 13.9 Å². The molecule has 2 aromatic rings. The third kappa shape index (κ3) is 3.52. The second-order valence-electron chi connectivity index (χ2n) is 8.85. The Morgan fingerprint density at radius 1 is 1.16 bits per heavy atom. The Morgan fingerprint density at radius 3 is 2.61 bits per heavy atom. The number of benzene rings is 1. The van der Waals surface area contributed by atoms with Gasteiger partial charge in [-0.25, -0.2) is 9.37 Å². The van der Waals surface area contributed by atoms with E-state index in [2.05, 4.69) is 9.88 Å². The molecule has 3 aliphatic rings. The van der Waals surface area contributed by atoms with Crippen LogP contribution in [0, 0.1) is 12.7 Å². The van der Waals surface area contributed by atoms with Crippen LogP contribution in [0.25, 0.3) is 0 Å². The van der Waals surface area contributed by atoms with Crippen molar-refractivity contribution >= 4 is 11.9 Å². The number of nitrogens with zero attached hydrogens (tertiary/aromatic N) is 3. The topological polar surface area (TPSA) is 78.5 Å². The highest BCUT2D eigenvalue weighted by atomic mass is 19.1. The summed E-state index contributed by atoms with van der Waals surface area (Å²) < 4.78 is 18.8. The Kier molecular flexibility index (Phi) is 5.04. The number of ether oxygens (including phenoxy) is 1. The largest absolute Gasteiger partial charge is 0.378 e. The molecule has 2 fully saturated rings. The molecule has 0 radical (unpaired) electrons. The maximum Gasteiger partial charge on any atom is 0.255 e. The molecular formula is C23H27FN4O3. The monoisotopic (exact) mass is 426 g/mol. The van der Waals surface area contributed by atoms with Crippen molar-refractivity contribution in [2.45, 2.75) is 38.0 Å². The number of piperidine rings is 1. The van der Waals surface area contributed by atoms with Crippen molar-refractivity contribution in [1.82, 2.24) is 14.9 Å². The highest BCUT2D eigenvalue weighted by Crippen LogP contribution is 2.44. The van der Waals surface area contributed by atoms with Crippen LogP contribution in [0.5, 0.6) is 0 Å². The summed E-state index contributed by atoms with van der Waals surface area (Å²) in [4.78, 5) is 37.6. The van der Waals surface area contributed by atoms with E-state index in [4.69, 9.17) is 9.72 Å². The van der Waals surface area contributed by atoms with Crippen molar-refractivity contribution in [3.63, 3.8) is 0 Å². The minimum Gasteiger partial charge on any atom is -0.378 e. The summed E-state index contributed by atoms with van der Waals surface area (Å²) in [6.07, 6.45) is 3.19. The van der Waals surface area contributed by atoms with Crippen LogP contribution < -0.4 is 10.5 Å². The molecule has 2 aliphatic heterocycles. The second-order valence-corrected chi connectivity index (χ2v) is 8.85. The van der Waals surface area contributed by atoms with Gasteiger partial charge >= 0.3 is 0 Å². The van der Waals surface area contributed by atoms with Crippen LogP contribution in [-0.4, -0.2) is 60.2 Å².